The van der Waals surface area contributed by atoms with Crippen LogP contribution in [0.1, 0.15) is 11.1 Å². The molecule has 0 saturated carbocycles. The van der Waals surface area contributed by atoms with Gasteiger partial charge in [0.2, 0.25) is 0 Å². The molecule has 0 heterocycles. The van der Waals surface area contributed by atoms with Gasteiger partial charge in [-0.05, 0) is 36.2 Å². The van der Waals surface area contributed by atoms with Crippen molar-refractivity contribution in [3.63, 3.8) is 0 Å². The highest BCUT2D eigenvalue weighted by Gasteiger charge is 2.15. The summed E-state index contributed by atoms with van der Waals surface area (Å²) in [5, 5.41) is 0. The van der Waals surface area contributed by atoms with E-state index in [9.17, 15) is 8.42 Å². The fourth-order valence-corrected chi connectivity index (χ4v) is 3.15. The summed E-state index contributed by atoms with van der Waals surface area (Å²) in [5.41, 5.74) is 7.86. The average molecular weight is 261 g/mol. The number of nitrogen functional groups attached to an aromatic ring is 1. The highest BCUT2D eigenvalue weighted by atomic mass is 32.2. The summed E-state index contributed by atoms with van der Waals surface area (Å²) >= 11 is 0. The Kier molecular flexibility index (Phi) is 3.39. The first-order chi connectivity index (χ1) is 8.49. The lowest BCUT2D eigenvalue weighted by atomic mass is 10.2. The van der Waals surface area contributed by atoms with Crippen LogP contribution in [0.5, 0.6) is 0 Å². The SMILES string of the molecule is Cc1cc(S(=O)(=O)Cc2ccccc2)ccc1N. The lowest BCUT2D eigenvalue weighted by Gasteiger charge is -2.07. The maximum absolute atomic E-state index is 12.2. The third-order valence-corrected chi connectivity index (χ3v) is 4.49. The Hall–Kier alpha value is -1.81. The number of anilines is 1. The van der Waals surface area contributed by atoms with Crippen molar-refractivity contribution in [3.8, 4) is 0 Å². The number of rotatable bonds is 3. The largest absolute Gasteiger partial charge is 0.399 e. The summed E-state index contributed by atoms with van der Waals surface area (Å²) in [7, 11) is -3.31. The Morgan fingerprint density at radius 3 is 2.33 bits per heavy atom. The van der Waals surface area contributed by atoms with Gasteiger partial charge in [-0.2, -0.15) is 0 Å². The van der Waals surface area contributed by atoms with E-state index < -0.39 is 9.84 Å². The summed E-state index contributed by atoms with van der Waals surface area (Å²) in [6.45, 7) is 1.80. The quantitative estimate of drug-likeness (QED) is 0.864. The number of benzene rings is 2. The normalized spacial score (nSPS) is 11.4. The van der Waals surface area contributed by atoms with Gasteiger partial charge >= 0.3 is 0 Å². The van der Waals surface area contributed by atoms with Crippen molar-refractivity contribution in [2.45, 2.75) is 17.6 Å². The number of aryl methyl sites for hydroxylation is 1. The van der Waals surface area contributed by atoms with Gasteiger partial charge in [0.05, 0.1) is 10.6 Å². The number of sulfone groups is 1. The van der Waals surface area contributed by atoms with Gasteiger partial charge in [-0.25, -0.2) is 8.42 Å². The molecule has 2 rings (SSSR count). The molecule has 0 aromatic heterocycles. The molecule has 0 fully saturated rings. The minimum atomic E-state index is -3.31. The number of hydrogen-bond donors (Lipinski definition) is 1. The van der Waals surface area contributed by atoms with E-state index in [1.54, 1.807) is 25.1 Å². The van der Waals surface area contributed by atoms with Crippen LogP contribution in [0.15, 0.2) is 53.4 Å². The van der Waals surface area contributed by atoms with Gasteiger partial charge in [-0.1, -0.05) is 30.3 Å². The van der Waals surface area contributed by atoms with E-state index in [-0.39, 0.29) is 5.75 Å². The third kappa shape index (κ3) is 2.71. The van der Waals surface area contributed by atoms with Crippen molar-refractivity contribution in [1.82, 2.24) is 0 Å². The van der Waals surface area contributed by atoms with Crippen LogP contribution in [0.2, 0.25) is 0 Å². The molecular weight excluding hydrogens is 246 g/mol. The van der Waals surface area contributed by atoms with Gasteiger partial charge in [-0.15, -0.1) is 0 Å². The third-order valence-electron chi connectivity index (χ3n) is 2.80. The molecule has 2 aromatic rings. The summed E-state index contributed by atoms with van der Waals surface area (Å²) in [5.74, 6) is 0.0111. The molecule has 4 heteroatoms. The van der Waals surface area contributed by atoms with Gasteiger partial charge in [0.1, 0.15) is 0 Å². The van der Waals surface area contributed by atoms with Gasteiger partial charge in [0.15, 0.2) is 9.84 Å². The zero-order valence-electron chi connectivity index (χ0n) is 10.1. The lowest BCUT2D eigenvalue weighted by molar-refractivity contribution is 0.595. The van der Waals surface area contributed by atoms with Crippen molar-refractivity contribution in [3.05, 3.63) is 59.7 Å². The Morgan fingerprint density at radius 1 is 1.06 bits per heavy atom. The second-order valence-electron chi connectivity index (χ2n) is 4.26. The van der Waals surface area contributed by atoms with E-state index in [0.29, 0.717) is 10.6 Å². The molecule has 0 aliphatic rings. The molecule has 0 saturated heterocycles. The van der Waals surface area contributed by atoms with Crippen LogP contribution in [0.4, 0.5) is 5.69 Å². The second kappa shape index (κ2) is 4.82. The van der Waals surface area contributed by atoms with E-state index in [1.807, 2.05) is 30.3 Å². The lowest BCUT2D eigenvalue weighted by Crippen LogP contribution is -2.05. The highest BCUT2D eigenvalue weighted by molar-refractivity contribution is 7.90. The maximum atomic E-state index is 12.2. The van der Waals surface area contributed by atoms with E-state index in [2.05, 4.69) is 0 Å². The molecule has 0 bridgehead atoms. The molecule has 2 aromatic carbocycles. The van der Waals surface area contributed by atoms with Crippen molar-refractivity contribution in [2.24, 2.45) is 0 Å². The smallest absolute Gasteiger partial charge is 0.182 e. The van der Waals surface area contributed by atoms with E-state index in [1.165, 1.54) is 0 Å². The van der Waals surface area contributed by atoms with Crippen molar-refractivity contribution in [2.75, 3.05) is 5.73 Å². The summed E-state index contributed by atoms with van der Waals surface area (Å²) in [4.78, 5) is 0.318. The van der Waals surface area contributed by atoms with Crippen LogP contribution in [0.3, 0.4) is 0 Å². The van der Waals surface area contributed by atoms with E-state index in [4.69, 9.17) is 5.73 Å². The Morgan fingerprint density at radius 2 is 1.72 bits per heavy atom. The second-order valence-corrected chi connectivity index (χ2v) is 6.25. The monoisotopic (exact) mass is 261 g/mol. The summed E-state index contributed by atoms with van der Waals surface area (Å²) < 4.78 is 24.4. The molecule has 0 atom stereocenters. The number of nitrogens with two attached hydrogens (primary N) is 1. The Bertz CT molecular complexity index is 649. The molecule has 0 amide bonds. The minimum Gasteiger partial charge on any atom is -0.399 e. The van der Waals surface area contributed by atoms with Crippen LogP contribution in [0.25, 0.3) is 0 Å². The predicted molar refractivity (Wildman–Crippen MR) is 72.9 cm³/mol. The molecule has 0 aliphatic heterocycles. The predicted octanol–water partition coefficient (Wildman–Crippen LogP) is 2.55. The Labute approximate surface area is 107 Å². The van der Waals surface area contributed by atoms with Gasteiger partial charge < -0.3 is 5.73 Å². The van der Waals surface area contributed by atoms with Crippen molar-refractivity contribution in [1.29, 1.82) is 0 Å². The standard InChI is InChI=1S/C14H15NO2S/c1-11-9-13(7-8-14(11)15)18(16,17)10-12-5-3-2-4-6-12/h2-9H,10,15H2,1H3. The van der Waals surface area contributed by atoms with Gasteiger partial charge in [0, 0.05) is 5.69 Å². The maximum Gasteiger partial charge on any atom is 0.182 e. The van der Waals surface area contributed by atoms with Crippen LogP contribution in [-0.2, 0) is 15.6 Å². The fourth-order valence-electron chi connectivity index (χ4n) is 1.72. The van der Waals surface area contributed by atoms with Crippen molar-refractivity contribution >= 4 is 15.5 Å². The molecule has 0 unspecified atom stereocenters. The molecule has 0 aliphatic carbocycles. The fraction of sp³-hybridized carbons (Fsp3) is 0.143. The van der Waals surface area contributed by atoms with E-state index in [0.717, 1.165) is 11.1 Å². The van der Waals surface area contributed by atoms with Gasteiger partial charge in [0.25, 0.3) is 0 Å². The first-order valence-corrected chi connectivity index (χ1v) is 7.27. The zero-order valence-corrected chi connectivity index (χ0v) is 10.9. The molecule has 94 valence electrons. The van der Waals surface area contributed by atoms with Crippen LogP contribution < -0.4 is 5.73 Å². The molecule has 0 spiro atoms. The first-order valence-electron chi connectivity index (χ1n) is 5.62. The van der Waals surface area contributed by atoms with E-state index >= 15 is 0 Å². The molecule has 0 radical (unpaired) electrons. The van der Waals surface area contributed by atoms with Crippen LogP contribution >= 0.6 is 0 Å². The van der Waals surface area contributed by atoms with Crippen molar-refractivity contribution < 1.29 is 8.42 Å². The molecule has 3 nitrogen and oxygen atoms in total. The minimum absolute atomic E-state index is 0.0111. The topological polar surface area (TPSA) is 60.2 Å². The number of hydrogen-bond acceptors (Lipinski definition) is 3. The summed E-state index contributed by atoms with van der Waals surface area (Å²) in [6.07, 6.45) is 0. The van der Waals surface area contributed by atoms with Gasteiger partial charge in [-0.3, -0.25) is 0 Å². The average Bonchev–Trinajstić information content (AvgIpc) is 2.33. The zero-order chi connectivity index (χ0) is 13.2. The highest BCUT2D eigenvalue weighted by Crippen LogP contribution is 2.20. The Balaban J connectivity index is 2.34. The molecular formula is C14H15NO2S. The van der Waals surface area contributed by atoms with Crippen LogP contribution in [-0.4, -0.2) is 8.42 Å². The van der Waals surface area contributed by atoms with Crippen LogP contribution in [0, 0.1) is 6.92 Å². The molecule has 18 heavy (non-hydrogen) atoms. The first kappa shape index (κ1) is 12.6. The molecule has 2 N–H and O–H groups in total. The summed E-state index contributed by atoms with van der Waals surface area (Å²) in [6, 6.07) is 14.0.